The fraction of sp³-hybridized carbons (Fsp3) is 0.429. The molecule has 112 valence electrons. The number of aliphatic carboxylic acids is 1. The van der Waals surface area contributed by atoms with E-state index in [1.165, 1.54) is 0 Å². The Kier molecular flexibility index (Phi) is 4.21. The highest BCUT2D eigenvalue weighted by Crippen LogP contribution is 2.20. The van der Waals surface area contributed by atoms with Gasteiger partial charge in [-0.25, -0.2) is 9.67 Å². The molecule has 0 bridgehead atoms. The van der Waals surface area contributed by atoms with E-state index in [4.69, 9.17) is 5.11 Å². The highest BCUT2D eigenvalue weighted by atomic mass is 16.4. The zero-order valence-corrected chi connectivity index (χ0v) is 12.3. The molecule has 0 unspecified atom stereocenters. The second-order valence-electron chi connectivity index (χ2n) is 5.13. The fourth-order valence-corrected chi connectivity index (χ4v) is 2.09. The number of aromatic nitrogens is 3. The lowest BCUT2D eigenvalue weighted by molar-refractivity contribution is -0.136. The maximum Gasteiger partial charge on any atom is 0.305 e. The van der Waals surface area contributed by atoms with Crippen molar-refractivity contribution in [3.05, 3.63) is 23.5 Å². The number of hydrogen-bond donors (Lipinski definition) is 2. The predicted molar refractivity (Wildman–Crippen MR) is 77.2 cm³/mol. The van der Waals surface area contributed by atoms with E-state index in [0.29, 0.717) is 22.3 Å². The van der Waals surface area contributed by atoms with Crippen LogP contribution in [0.5, 0.6) is 0 Å². The van der Waals surface area contributed by atoms with Crippen molar-refractivity contribution in [3.8, 4) is 0 Å². The smallest absolute Gasteiger partial charge is 0.305 e. The van der Waals surface area contributed by atoms with Gasteiger partial charge in [-0.3, -0.25) is 9.59 Å². The number of carboxylic acid groups (broad SMARTS) is 1. The van der Waals surface area contributed by atoms with E-state index in [0.717, 1.165) is 0 Å². The molecular formula is C14H18N4O3. The lowest BCUT2D eigenvalue weighted by Crippen LogP contribution is -2.26. The molecule has 1 amide bonds. The number of hydrogen-bond acceptors (Lipinski definition) is 4. The van der Waals surface area contributed by atoms with Gasteiger partial charge >= 0.3 is 5.97 Å². The average molecular weight is 290 g/mol. The van der Waals surface area contributed by atoms with E-state index >= 15 is 0 Å². The van der Waals surface area contributed by atoms with Gasteiger partial charge < -0.3 is 10.4 Å². The van der Waals surface area contributed by atoms with Gasteiger partial charge in [0, 0.05) is 18.3 Å². The van der Waals surface area contributed by atoms with Crippen LogP contribution < -0.4 is 5.32 Å². The monoisotopic (exact) mass is 290 g/mol. The van der Waals surface area contributed by atoms with Crippen molar-refractivity contribution in [2.75, 3.05) is 6.54 Å². The van der Waals surface area contributed by atoms with Crippen LogP contribution in [0.15, 0.2) is 12.3 Å². The number of fused-ring (bicyclic) bond motifs is 1. The largest absolute Gasteiger partial charge is 0.481 e. The predicted octanol–water partition coefficient (Wildman–Crippen LogP) is 1.53. The lowest BCUT2D eigenvalue weighted by atomic mass is 10.1. The summed E-state index contributed by atoms with van der Waals surface area (Å²) in [6.07, 6.45) is 1.51. The normalized spacial score (nSPS) is 11.0. The van der Waals surface area contributed by atoms with Crippen LogP contribution in [-0.2, 0) is 4.79 Å². The first-order valence-electron chi connectivity index (χ1n) is 6.75. The fourth-order valence-electron chi connectivity index (χ4n) is 2.09. The molecule has 0 spiro atoms. The molecule has 0 aromatic carbocycles. The Balaban J connectivity index is 2.35. The third-order valence-electron chi connectivity index (χ3n) is 3.05. The first kappa shape index (κ1) is 15.0. The number of carbonyl (C=O) groups excluding carboxylic acids is 1. The number of carboxylic acids is 1. The summed E-state index contributed by atoms with van der Waals surface area (Å²) in [6, 6.07) is 1.82. The van der Waals surface area contributed by atoms with Crippen LogP contribution >= 0.6 is 0 Å². The quantitative estimate of drug-likeness (QED) is 0.870. The van der Waals surface area contributed by atoms with Crippen molar-refractivity contribution in [2.24, 2.45) is 0 Å². The van der Waals surface area contributed by atoms with Gasteiger partial charge in [0.15, 0.2) is 5.65 Å². The molecule has 7 nitrogen and oxygen atoms in total. The number of carbonyl (C=O) groups is 2. The van der Waals surface area contributed by atoms with Crippen LogP contribution in [0.1, 0.15) is 42.4 Å². The molecule has 2 heterocycles. The second-order valence-corrected chi connectivity index (χ2v) is 5.13. The minimum atomic E-state index is -0.945. The summed E-state index contributed by atoms with van der Waals surface area (Å²) in [6.45, 7) is 5.88. The van der Waals surface area contributed by atoms with Crippen molar-refractivity contribution in [1.82, 2.24) is 20.1 Å². The van der Waals surface area contributed by atoms with Gasteiger partial charge in [-0.2, -0.15) is 5.10 Å². The van der Waals surface area contributed by atoms with Crippen LogP contribution in [0.25, 0.3) is 11.0 Å². The highest BCUT2D eigenvalue weighted by Gasteiger charge is 2.16. The van der Waals surface area contributed by atoms with Crippen LogP contribution in [0, 0.1) is 6.92 Å². The number of amides is 1. The Labute approximate surface area is 122 Å². The van der Waals surface area contributed by atoms with Gasteiger partial charge in [0.2, 0.25) is 0 Å². The Hall–Kier alpha value is -2.44. The maximum atomic E-state index is 12.2. The summed E-state index contributed by atoms with van der Waals surface area (Å²) in [5, 5.41) is 16.1. The van der Waals surface area contributed by atoms with Crippen LogP contribution in [0.3, 0.4) is 0 Å². The molecule has 2 N–H and O–H groups in total. The van der Waals surface area contributed by atoms with E-state index in [9.17, 15) is 9.59 Å². The molecule has 21 heavy (non-hydrogen) atoms. The number of nitrogens with zero attached hydrogens (tertiary/aromatic N) is 3. The number of pyridine rings is 1. The van der Waals surface area contributed by atoms with E-state index in [1.807, 2.05) is 20.8 Å². The number of rotatable bonds is 5. The number of aryl methyl sites for hydroxylation is 1. The van der Waals surface area contributed by atoms with Gasteiger partial charge in [0.25, 0.3) is 5.91 Å². The van der Waals surface area contributed by atoms with Gasteiger partial charge in [-0.05, 0) is 26.8 Å². The molecule has 0 atom stereocenters. The van der Waals surface area contributed by atoms with Crippen molar-refractivity contribution >= 4 is 22.9 Å². The highest BCUT2D eigenvalue weighted by molar-refractivity contribution is 6.05. The average Bonchev–Trinajstić information content (AvgIpc) is 2.80. The van der Waals surface area contributed by atoms with E-state index in [-0.39, 0.29) is 24.9 Å². The first-order chi connectivity index (χ1) is 9.90. The van der Waals surface area contributed by atoms with Crippen LogP contribution in [-0.4, -0.2) is 38.3 Å². The molecule has 2 rings (SSSR count). The number of nitrogens with one attached hydrogen (secondary N) is 1. The molecule has 0 radical (unpaired) electrons. The molecule has 0 saturated carbocycles. The first-order valence-corrected chi connectivity index (χ1v) is 6.75. The van der Waals surface area contributed by atoms with Gasteiger partial charge in [-0.1, -0.05) is 0 Å². The summed E-state index contributed by atoms with van der Waals surface area (Å²) in [4.78, 5) is 27.1. The molecular weight excluding hydrogens is 272 g/mol. The second kappa shape index (κ2) is 5.90. The zero-order valence-electron chi connectivity index (χ0n) is 12.3. The summed E-state index contributed by atoms with van der Waals surface area (Å²) < 4.78 is 1.76. The summed E-state index contributed by atoms with van der Waals surface area (Å²) >= 11 is 0. The molecule has 0 aliphatic carbocycles. The molecule has 0 aliphatic heterocycles. The summed E-state index contributed by atoms with van der Waals surface area (Å²) in [5.74, 6) is -1.26. The van der Waals surface area contributed by atoms with Crippen molar-refractivity contribution in [1.29, 1.82) is 0 Å². The minimum Gasteiger partial charge on any atom is -0.481 e. The third-order valence-corrected chi connectivity index (χ3v) is 3.05. The molecule has 2 aromatic heterocycles. The third kappa shape index (κ3) is 3.18. The van der Waals surface area contributed by atoms with E-state index in [2.05, 4.69) is 15.4 Å². The Morgan fingerprint density at radius 1 is 1.43 bits per heavy atom. The van der Waals surface area contributed by atoms with Crippen LogP contribution in [0.4, 0.5) is 0 Å². The molecule has 0 aliphatic rings. The van der Waals surface area contributed by atoms with E-state index in [1.54, 1.807) is 16.9 Å². The van der Waals surface area contributed by atoms with Gasteiger partial charge in [0.1, 0.15) is 0 Å². The Morgan fingerprint density at radius 3 is 2.76 bits per heavy atom. The minimum absolute atomic E-state index is 0.0926. The van der Waals surface area contributed by atoms with Crippen LogP contribution in [0.2, 0.25) is 0 Å². The topological polar surface area (TPSA) is 97.1 Å². The standard InChI is InChI=1S/C14H18N4O3/c1-8(2)18-13-11(7-16-18)10(6-9(3)17-13)14(21)15-5-4-12(19)20/h6-8H,4-5H2,1-3H3,(H,15,21)(H,19,20). The van der Waals surface area contributed by atoms with Crippen molar-refractivity contribution in [3.63, 3.8) is 0 Å². The Bertz CT molecular complexity index is 691. The van der Waals surface area contributed by atoms with E-state index < -0.39 is 5.97 Å². The van der Waals surface area contributed by atoms with Gasteiger partial charge in [-0.15, -0.1) is 0 Å². The van der Waals surface area contributed by atoms with Crippen molar-refractivity contribution < 1.29 is 14.7 Å². The summed E-state index contributed by atoms with van der Waals surface area (Å²) in [5.41, 5.74) is 1.84. The molecule has 7 heteroatoms. The van der Waals surface area contributed by atoms with Crippen molar-refractivity contribution in [2.45, 2.75) is 33.2 Å². The zero-order chi connectivity index (χ0) is 15.6. The SMILES string of the molecule is Cc1cc(C(=O)NCCC(=O)O)c2cnn(C(C)C)c2n1. The molecule has 2 aromatic rings. The van der Waals surface area contributed by atoms with Gasteiger partial charge in [0.05, 0.1) is 23.6 Å². The lowest BCUT2D eigenvalue weighted by Gasteiger charge is -2.09. The maximum absolute atomic E-state index is 12.2. The Morgan fingerprint density at radius 2 is 2.14 bits per heavy atom. The molecule has 0 saturated heterocycles. The summed E-state index contributed by atoms with van der Waals surface area (Å²) in [7, 11) is 0. The molecule has 0 fully saturated rings.